The Labute approximate surface area is 171 Å². The summed E-state index contributed by atoms with van der Waals surface area (Å²) in [7, 11) is 1.61. The van der Waals surface area contributed by atoms with Crippen molar-refractivity contribution in [2.75, 3.05) is 7.11 Å². The summed E-state index contributed by atoms with van der Waals surface area (Å²) in [5.41, 5.74) is 8.34. The number of methoxy groups -OCH3 is 1. The quantitative estimate of drug-likeness (QED) is 0.745. The first-order valence-corrected chi connectivity index (χ1v) is 9.61. The van der Waals surface area contributed by atoms with Crippen molar-refractivity contribution in [1.29, 1.82) is 0 Å². The van der Waals surface area contributed by atoms with Gasteiger partial charge in [0.2, 0.25) is 5.91 Å². The number of hydrogen-bond acceptors (Lipinski definition) is 4. The van der Waals surface area contributed by atoms with Crippen molar-refractivity contribution in [1.82, 2.24) is 4.90 Å². The van der Waals surface area contributed by atoms with E-state index in [9.17, 15) is 9.59 Å². The van der Waals surface area contributed by atoms with E-state index in [0.29, 0.717) is 18.5 Å². The fourth-order valence-corrected chi connectivity index (χ4v) is 3.70. The van der Waals surface area contributed by atoms with Crippen molar-refractivity contribution in [2.45, 2.75) is 25.8 Å². The fraction of sp³-hybridized carbons (Fsp3) is 0.250. The molecule has 3 rings (SSSR count). The van der Waals surface area contributed by atoms with E-state index in [-0.39, 0.29) is 17.6 Å². The summed E-state index contributed by atoms with van der Waals surface area (Å²) in [6.45, 7) is 2.21. The van der Waals surface area contributed by atoms with E-state index in [1.165, 1.54) is 0 Å². The minimum Gasteiger partial charge on any atom is -0.497 e. The summed E-state index contributed by atoms with van der Waals surface area (Å²) in [6, 6.07) is 17.6. The molecule has 1 amide bonds. The minimum absolute atomic E-state index is 0.0646. The maximum atomic E-state index is 12.3. The molecule has 0 fully saturated rings. The summed E-state index contributed by atoms with van der Waals surface area (Å²) in [5.74, 6) is -0.104. The highest BCUT2D eigenvalue weighted by atomic mass is 16.5. The number of allylic oxidation sites excluding steroid dienone is 1. The van der Waals surface area contributed by atoms with Crippen LogP contribution in [0.3, 0.4) is 0 Å². The summed E-state index contributed by atoms with van der Waals surface area (Å²) in [4.78, 5) is 26.2. The number of carbonyl (C=O) groups is 2. The van der Waals surface area contributed by atoms with Crippen molar-refractivity contribution in [3.05, 3.63) is 89.8 Å². The van der Waals surface area contributed by atoms with Gasteiger partial charge in [0.05, 0.1) is 7.11 Å². The zero-order valence-electron chi connectivity index (χ0n) is 16.7. The van der Waals surface area contributed by atoms with E-state index < -0.39 is 5.91 Å². The number of benzene rings is 2. The molecule has 1 aliphatic rings. The molecule has 29 heavy (non-hydrogen) atoms. The summed E-state index contributed by atoms with van der Waals surface area (Å²) >= 11 is 0. The number of primary amides is 1. The second-order valence-electron chi connectivity index (χ2n) is 7.26. The highest BCUT2D eigenvalue weighted by Gasteiger charge is 2.31. The van der Waals surface area contributed by atoms with E-state index >= 15 is 0 Å². The Morgan fingerprint density at radius 1 is 1.10 bits per heavy atom. The van der Waals surface area contributed by atoms with Gasteiger partial charge in [-0.3, -0.25) is 4.79 Å². The fourth-order valence-electron chi connectivity index (χ4n) is 3.70. The second-order valence-corrected chi connectivity index (χ2v) is 7.26. The molecule has 2 atom stereocenters. The molecule has 1 aliphatic heterocycles. The van der Waals surface area contributed by atoms with Crippen LogP contribution < -0.4 is 10.5 Å². The van der Waals surface area contributed by atoms with Crippen LogP contribution in [-0.2, 0) is 16.1 Å². The number of ether oxygens (including phenoxy) is 1. The van der Waals surface area contributed by atoms with Crippen molar-refractivity contribution >= 4 is 11.7 Å². The van der Waals surface area contributed by atoms with Gasteiger partial charge < -0.3 is 20.2 Å². The zero-order chi connectivity index (χ0) is 20.8. The van der Waals surface area contributed by atoms with Gasteiger partial charge in [-0.05, 0) is 30.2 Å². The van der Waals surface area contributed by atoms with Gasteiger partial charge in [-0.15, -0.1) is 0 Å². The van der Waals surface area contributed by atoms with E-state index in [0.717, 1.165) is 16.9 Å². The number of nitrogens with zero attached hydrogens (tertiary/aromatic N) is 1. The lowest BCUT2D eigenvalue weighted by Gasteiger charge is -2.31. The summed E-state index contributed by atoms with van der Waals surface area (Å²) in [6.07, 6.45) is 6.06. The van der Waals surface area contributed by atoms with E-state index in [2.05, 4.69) is 0 Å². The van der Waals surface area contributed by atoms with Gasteiger partial charge in [0.1, 0.15) is 11.5 Å². The molecule has 0 bridgehead atoms. The number of rotatable bonds is 8. The molecule has 5 nitrogen and oxygen atoms in total. The van der Waals surface area contributed by atoms with Crippen molar-refractivity contribution in [2.24, 2.45) is 11.7 Å². The Morgan fingerprint density at radius 3 is 2.38 bits per heavy atom. The van der Waals surface area contributed by atoms with Crippen LogP contribution in [0.25, 0.3) is 0 Å². The number of Topliss-reactive ketones (excluding diaryl/α,β-unsaturated/α-hetero) is 1. The lowest BCUT2D eigenvalue weighted by Crippen LogP contribution is -2.30. The molecule has 1 heterocycles. The second kappa shape index (κ2) is 9.24. The average molecular weight is 390 g/mol. The number of nitrogens with two attached hydrogens (primary N) is 1. The highest BCUT2D eigenvalue weighted by Crippen LogP contribution is 2.37. The SMILES string of the molecule is COc1ccc(C(CC(C)=O)C2C=CN(Cc3ccccc3)C=C2C(N)=O)cc1. The van der Waals surface area contributed by atoms with Crippen molar-refractivity contribution < 1.29 is 14.3 Å². The normalized spacial score (nSPS) is 16.8. The first-order chi connectivity index (χ1) is 14.0. The van der Waals surface area contributed by atoms with Crippen LogP contribution in [0.2, 0.25) is 0 Å². The predicted molar refractivity (Wildman–Crippen MR) is 113 cm³/mol. The van der Waals surface area contributed by atoms with Gasteiger partial charge in [0.25, 0.3) is 0 Å². The molecule has 0 aliphatic carbocycles. The molecule has 0 aromatic heterocycles. The third kappa shape index (κ3) is 5.13. The Morgan fingerprint density at radius 2 is 1.79 bits per heavy atom. The van der Waals surface area contributed by atoms with Crippen LogP contribution in [0.5, 0.6) is 5.75 Å². The Balaban J connectivity index is 1.90. The lowest BCUT2D eigenvalue weighted by molar-refractivity contribution is -0.118. The molecule has 2 aromatic rings. The first kappa shape index (κ1) is 20.4. The first-order valence-electron chi connectivity index (χ1n) is 9.61. The van der Waals surface area contributed by atoms with E-state index in [1.807, 2.05) is 71.8 Å². The van der Waals surface area contributed by atoms with Gasteiger partial charge in [-0.25, -0.2) is 0 Å². The van der Waals surface area contributed by atoms with Crippen LogP contribution in [0.1, 0.15) is 30.4 Å². The molecule has 0 saturated carbocycles. The average Bonchev–Trinajstić information content (AvgIpc) is 2.73. The molecular formula is C24H26N2O3. The Bertz CT molecular complexity index is 917. The van der Waals surface area contributed by atoms with Crippen LogP contribution in [0.15, 0.2) is 78.6 Å². The monoisotopic (exact) mass is 390 g/mol. The largest absolute Gasteiger partial charge is 0.497 e. The molecule has 0 spiro atoms. The molecule has 2 unspecified atom stereocenters. The predicted octanol–water partition coefficient (Wildman–Crippen LogP) is 3.77. The lowest BCUT2D eigenvalue weighted by atomic mass is 9.77. The van der Waals surface area contributed by atoms with Gasteiger partial charge in [0.15, 0.2) is 0 Å². The number of hydrogen-bond donors (Lipinski definition) is 1. The number of ketones is 1. The molecule has 0 saturated heterocycles. The maximum Gasteiger partial charge on any atom is 0.246 e. The van der Waals surface area contributed by atoms with Gasteiger partial charge in [-0.1, -0.05) is 48.5 Å². The van der Waals surface area contributed by atoms with Gasteiger partial charge in [0, 0.05) is 42.8 Å². The van der Waals surface area contributed by atoms with E-state index in [4.69, 9.17) is 10.5 Å². The molecule has 0 radical (unpaired) electrons. The van der Waals surface area contributed by atoms with Gasteiger partial charge >= 0.3 is 0 Å². The molecule has 2 aromatic carbocycles. The molecule has 150 valence electrons. The van der Waals surface area contributed by atoms with Gasteiger partial charge in [-0.2, -0.15) is 0 Å². The number of amides is 1. The minimum atomic E-state index is -0.473. The Hall–Kier alpha value is -3.34. The van der Waals surface area contributed by atoms with Crippen LogP contribution in [-0.4, -0.2) is 23.7 Å². The van der Waals surface area contributed by atoms with E-state index in [1.54, 1.807) is 20.2 Å². The topological polar surface area (TPSA) is 72.6 Å². The summed E-state index contributed by atoms with van der Waals surface area (Å²) < 4.78 is 5.23. The molecular weight excluding hydrogens is 364 g/mol. The molecule has 2 N–H and O–H groups in total. The smallest absolute Gasteiger partial charge is 0.246 e. The van der Waals surface area contributed by atoms with Crippen molar-refractivity contribution in [3.8, 4) is 5.75 Å². The standard InChI is InChI=1S/C24H26N2O3/c1-17(27)14-22(19-8-10-20(29-2)11-9-19)21-12-13-26(16-23(21)24(25)28)15-18-6-4-3-5-7-18/h3-13,16,21-22H,14-15H2,1-2H3,(H2,25,28). The highest BCUT2D eigenvalue weighted by molar-refractivity contribution is 5.93. The van der Waals surface area contributed by atoms with Crippen LogP contribution in [0.4, 0.5) is 0 Å². The maximum absolute atomic E-state index is 12.3. The molecule has 5 heteroatoms. The number of carbonyl (C=O) groups excluding carboxylic acids is 2. The summed E-state index contributed by atoms with van der Waals surface area (Å²) in [5, 5.41) is 0. The zero-order valence-corrected chi connectivity index (χ0v) is 16.7. The Kier molecular flexibility index (Phi) is 6.50. The van der Waals surface area contributed by atoms with Crippen LogP contribution >= 0.6 is 0 Å². The third-order valence-electron chi connectivity index (χ3n) is 5.13. The third-order valence-corrected chi connectivity index (χ3v) is 5.13. The van der Waals surface area contributed by atoms with Crippen molar-refractivity contribution in [3.63, 3.8) is 0 Å². The van der Waals surface area contributed by atoms with Crippen LogP contribution in [0, 0.1) is 5.92 Å².